The highest BCUT2D eigenvalue weighted by molar-refractivity contribution is 7.15. The van der Waals surface area contributed by atoms with Crippen LogP contribution < -0.4 is 25.4 Å². The molecule has 2 heterocycles. The van der Waals surface area contributed by atoms with Gasteiger partial charge in [-0.3, -0.25) is 4.79 Å². The Balaban J connectivity index is 1.36. The van der Waals surface area contributed by atoms with Crippen molar-refractivity contribution < 1.29 is 33.3 Å². The number of aliphatic hydroxyl groups excluding tert-OH is 1. The summed E-state index contributed by atoms with van der Waals surface area (Å²) in [5.41, 5.74) is 0.533. The predicted molar refractivity (Wildman–Crippen MR) is 165 cm³/mol. The summed E-state index contributed by atoms with van der Waals surface area (Å²) >= 11 is 1.29. The van der Waals surface area contributed by atoms with Gasteiger partial charge in [-0.25, -0.2) is 24.1 Å². The zero-order valence-electron chi connectivity index (χ0n) is 24.8. The maximum atomic E-state index is 13.4. The molecule has 0 saturated carbocycles. The second kappa shape index (κ2) is 14.8. The van der Waals surface area contributed by atoms with Crippen LogP contribution in [0.25, 0.3) is 10.9 Å². The standard InChI is InChI=1S/C30H35FN6O6S/c1-30(2,3)37-29(40)43-20(16-38)9-6-10-42-25-14-23-22(13-24(25)41-4)27(34-17-33-23)36-28-32-15-21(44-28)12-26(39)35-19-8-5-7-18(31)11-19/h5,7-8,11,13-15,17,20,38H,6,9-10,12,16H2,1-4H3,(H,35,39)(H,37,40)(H,32,33,34,36). The Labute approximate surface area is 258 Å². The van der Waals surface area contributed by atoms with Crippen LogP contribution in [0.4, 0.5) is 25.8 Å². The number of halogens is 1. The number of ether oxygens (including phenoxy) is 3. The molecule has 0 saturated heterocycles. The number of benzene rings is 2. The fourth-order valence-electron chi connectivity index (χ4n) is 4.08. The molecule has 234 valence electrons. The lowest BCUT2D eigenvalue weighted by atomic mass is 10.1. The van der Waals surface area contributed by atoms with Crippen LogP contribution in [0.5, 0.6) is 11.5 Å². The van der Waals surface area contributed by atoms with Gasteiger partial charge in [-0.1, -0.05) is 6.07 Å². The largest absolute Gasteiger partial charge is 0.493 e. The first-order chi connectivity index (χ1) is 21.0. The van der Waals surface area contributed by atoms with Gasteiger partial charge >= 0.3 is 6.09 Å². The Morgan fingerprint density at radius 1 is 1.11 bits per heavy atom. The van der Waals surface area contributed by atoms with Crippen molar-refractivity contribution in [1.82, 2.24) is 20.3 Å². The average molecular weight is 627 g/mol. The first-order valence-electron chi connectivity index (χ1n) is 13.9. The second-order valence-corrected chi connectivity index (χ2v) is 11.9. The molecule has 1 atom stereocenters. The number of fused-ring (bicyclic) bond motifs is 1. The molecule has 0 aliphatic heterocycles. The molecule has 2 aromatic heterocycles. The van der Waals surface area contributed by atoms with Gasteiger partial charge in [0.2, 0.25) is 5.91 Å². The van der Waals surface area contributed by atoms with Gasteiger partial charge in [0, 0.05) is 33.8 Å². The molecule has 0 spiro atoms. The van der Waals surface area contributed by atoms with E-state index in [0.29, 0.717) is 56.8 Å². The molecule has 0 fully saturated rings. The number of amides is 2. The number of carbonyl (C=O) groups is 2. The number of hydrogen-bond acceptors (Lipinski definition) is 11. The molecule has 0 radical (unpaired) electrons. The quantitative estimate of drug-likeness (QED) is 0.145. The Bertz CT molecular complexity index is 1590. The normalized spacial score (nSPS) is 12.0. The number of aliphatic hydroxyl groups is 1. The molecule has 2 aromatic carbocycles. The lowest BCUT2D eigenvalue weighted by Crippen LogP contribution is -2.42. The van der Waals surface area contributed by atoms with Crippen LogP contribution in [0.15, 0.2) is 48.9 Å². The van der Waals surface area contributed by atoms with E-state index in [1.54, 1.807) is 24.4 Å². The van der Waals surface area contributed by atoms with Gasteiger partial charge < -0.3 is 35.3 Å². The van der Waals surface area contributed by atoms with E-state index in [9.17, 15) is 19.1 Å². The van der Waals surface area contributed by atoms with Crippen LogP contribution in [0.1, 0.15) is 38.5 Å². The Hall–Kier alpha value is -4.56. The molecule has 1 unspecified atom stereocenters. The lowest BCUT2D eigenvalue weighted by molar-refractivity contribution is -0.115. The van der Waals surface area contributed by atoms with E-state index in [4.69, 9.17) is 14.2 Å². The highest BCUT2D eigenvalue weighted by Gasteiger charge is 2.19. The molecule has 4 N–H and O–H groups in total. The second-order valence-electron chi connectivity index (χ2n) is 10.8. The zero-order valence-corrected chi connectivity index (χ0v) is 25.7. The van der Waals surface area contributed by atoms with E-state index in [1.807, 2.05) is 20.8 Å². The number of carbonyl (C=O) groups excluding carboxylic acids is 2. The number of alkyl carbamates (subject to hydrolysis) is 1. The highest BCUT2D eigenvalue weighted by atomic mass is 32.1. The van der Waals surface area contributed by atoms with Gasteiger partial charge in [-0.05, 0) is 57.9 Å². The number of hydrogen-bond donors (Lipinski definition) is 4. The maximum absolute atomic E-state index is 13.4. The molecule has 4 aromatic rings. The molecule has 0 aliphatic carbocycles. The van der Waals surface area contributed by atoms with Crippen molar-refractivity contribution >= 4 is 50.9 Å². The minimum Gasteiger partial charge on any atom is -0.493 e. The van der Waals surface area contributed by atoms with Crippen molar-refractivity contribution in [3.05, 3.63) is 59.6 Å². The van der Waals surface area contributed by atoms with Crippen molar-refractivity contribution in [1.29, 1.82) is 0 Å². The highest BCUT2D eigenvalue weighted by Crippen LogP contribution is 2.35. The Morgan fingerprint density at radius 2 is 1.93 bits per heavy atom. The summed E-state index contributed by atoms with van der Waals surface area (Å²) in [6, 6.07) is 9.19. The number of nitrogens with one attached hydrogen (secondary N) is 3. The Morgan fingerprint density at radius 3 is 2.66 bits per heavy atom. The summed E-state index contributed by atoms with van der Waals surface area (Å²) < 4.78 is 30.2. The first-order valence-corrected chi connectivity index (χ1v) is 14.7. The zero-order chi connectivity index (χ0) is 31.7. The molecular formula is C30H35FN6O6S. The minimum absolute atomic E-state index is 0.0736. The third-order valence-electron chi connectivity index (χ3n) is 6.03. The number of aromatic nitrogens is 3. The van der Waals surface area contributed by atoms with Gasteiger partial charge in [0.1, 0.15) is 24.1 Å². The molecule has 0 aliphatic rings. The summed E-state index contributed by atoms with van der Waals surface area (Å²) in [4.78, 5) is 38.2. The van der Waals surface area contributed by atoms with Crippen molar-refractivity contribution in [2.45, 2.75) is 51.7 Å². The molecule has 14 heteroatoms. The number of rotatable bonds is 13. The predicted octanol–water partition coefficient (Wildman–Crippen LogP) is 5.20. The van der Waals surface area contributed by atoms with Crippen molar-refractivity contribution in [3.63, 3.8) is 0 Å². The lowest BCUT2D eigenvalue weighted by Gasteiger charge is -2.23. The fraction of sp³-hybridized carbons (Fsp3) is 0.367. The van der Waals surface area contributed by atoms with E-state index < -0.39 is 23.6 Å². The number of thiazole rings is 1. The fourth-order valence-corrected chi connectivity index (χ4v) is 4.89. The monoisotopic (exact) mass is 626 g/mol. The summed E-state index contributed by atoms with van der Waals surface area (Å²) in [5.74, 6) is 0.698. The molecule has 44 heavy (non-hydrogen) atoms. The van der Waals surface area contributed by atoms with E-state index in [2.05, 4.69) is 30.9 Å². The first kappa shape index (κ1) is 32.4. The number of anilines is 3. The number of nitrogens with zero attached hydrogens (tertiary/aromatic N) is 3. The molecule has 2 amide bonds. The molecular weight excluding hydrogens is 591 g/mol. The summed E-state index contributed by atoms with van der Waals surface area (Å²) in [5, 5.41) is 19.3. The number of methoxy groups -OCH3 is 1. The maximum Gasteiger partial charge on any atom is 0.407 e. The Kier molecular flexibility index (Phi) is 10.8. The van der Waals surface area contributed by atoms with Crippen molar-refractivity contribution in [3.8, 4) is 11.5 Å². The topological polar surface area (TPSA) is 157 Å². The van der Waals surface area contributed by atoms with Crippen LogP contribution in [-0.2, 0) is 16.0 Å². The van der Waals surface area contributed by atoms with Gasteiger partial charge in [-0.2, -0.15) is 0 Å². The third-order valence-corrected chi connectivity index (χ3v) is 6.94. The van der Waals surface area contributed by atoms with Gasteiger partial charge in [-0.15, -0.1) is 11.3 Å². The van der Waals surface area contributed by atoms with E-state index in [-0.39, 0.29) is 25.5 Å². The summed E-state index contributed by atoms with van der Waals surface area (Å²) in [6.07, 6.45) is 2.75. The van der Waals surface area contributed by atoms with Crippen LogP contribution >= 0.6 is 11.3 Å². The van der Waals surface area contributed by atoms with Crippen LogP contribution in [0.2, 0.25) is 0 Å². The van der Waals surface area contributed by atoms with Gasteiger partial charge in [0.15, 0.2) is 16.6 Å². The van der Waals surface area contributed by atoms with E-state index in [1.165, 1.54) is 43.0 Å². The third kappa shape index (κ3) is 9.47. The molecule has 0 bridgehead atoms. The minimum atomic E-state index is -0.657. The van der Waals surface area contributed by atoms with Crippen molar-refractivity contribution in [2.75, 3.05) is 31.0 Å². The van der Waals surface area contributed by atoms with Crippen LogP contribution in [0, 0.1) is 5.82 Å². The van der Waals surface area contributed by atoms with Crippen LogP contribution in [-0.4, -0.2) is 64.0 Å². The summed E-state index contributed by atoms with van der Waals surface area (Å²) in [7, 11) is 1.52. The van der Waals surface area contributed by atoms with Gasteiger partial charge in [0.05, 0.1) is 32.3 Å². The summed E-state index contributed by atoms with van der Waals surface area (Å²) in [6.45, 7) is 5.51. The van der Waals surface area contributed by atoms with Crippen LogP contribution in [0.3, 0.4) is 0 Å². The molecule has 12 nitrogen and oxygen atoms in total. The molecule has 4 rings (SSSR count). The SMILES string of the molecule is COc1cc2c(Nc3ncc(CC(=O)Nc4cccc(F)c4)s3)ncnc2cc1OCCCC(CO)OC(=O)NC(C)(C)C. The van der Waals surface area contributed by atoms with E-state index in [0.717, 1.165) is 0 Å². The smallest absolute Gasteiger partial charge is 0.407 e. The van der Waals surface area contributed by atoms with Gasteiger partial charge in [0.25, 0.3) is 0 Å². The average Bonchev–Trinajstić information content (AvgIpc) is 3.39. The van der Waals surface area contributed by atoms with Crippen molar-refractivity contribution in [2.24, 2.45) is 0 Å². The van der Waals surface area contributed by atoms with E-state index >= 15 is 0 Å².